The van der Waals surface area contributed by atoms with Crippen molar-refractivity contribution in [2.24, 2.45) is 5.73 Å². The smallest absolute Gasteiger partial charge is 0.249 e. The minimum atomic E-state index is -0.573. The molecule has 3 N–H and O–H groups in total. The largest absolute Gasteiger partial charge is 0.366 e. The van der Waals surface area contributed by atoms with Crippen LogP contribution in [0.5, 0.6) is 0 Å². The molecule has 0 unspecified atom stereocenters. The summed E-state index contributed by atoms with van der Waals surface area (Å²) in [6.07, 6.45) is 4.83. The van der Waals surface area contributed by atoms with Gasteiger partial charge in [0, 0.05) is 22.5 Å². The van der Waals surface area contributed by atoms with E-state index in [1.165, 1.54) is 0 Å². The molecule has 0 saturated carbocycles. The van der Waals surface area contributed by atoms with E-state index in [0.717, 1.165) is 35.9 Å². The van der Waals surface area contributed by atoms with Gasteiger partial charge < -0.3 is 10.7 Å². The summed E-state index contributed by atoms with van der Waals surface area (Å²) in [5.41, 5.74) is 9.57. The Kier molecular flexibility index (Phi) is 2.74. The molecule has 0 bridgehead atoms. The van der Waals surface area contributed by atoms with Crippen LogP contribution in [0.25, 0.3) is 21.9 Å². The van der Waals surface area contributed by atoms with Crippen molar-refractivity contribution in [1.82, 2.24) is 9.97 Å². The van der Waals surface area contributed by atoms with E-state index >= 15 is 0 Å². The first-order valence-electron chi connectivity index (χ1n) is 7.02. The van der Waals surface area contributed by atoms with Gasteiger partial charge in [0.25, 0.3) is 0 Å². The predicted octanol–water partition coefficient (Wildman–Crippen LogP) is 2.77. The molecular weight excluding hydrogens is 302 g/mol. The van der Waals surface area contributed by atoms with E-state index < -0.39 is 5.91 Å². The van der Waals surface area contributed by atoms with Crippen LogP contribution in [0.4, 0.5) is 0 Å². The summed E-state index contributed by atoms with van der Waals surface area (Å²) in [6.45, 7) is 0. The molecule has 1 aromatic carbocycles. The van der Waals surface area contributed by atoms with Crippen molar-refractivity contribution < 1.29 is 9.59 Å². The molecule has 0 saturated heterocycles. The van der Waals surface area contributed by atoms with Crippen LogP contribution in [0.1, 0.15) is 38.3 Å². The molecule has 5 nitrogen and oxygen atoms in total. The molecule has 0 atom stereocenters. The van der Waals surface area contributed by atoms with Crippen LogP contribution >= 0.6 is 11.6 Å². The van der Waals surface area contributed by atoms with E-state index in [4.69, 9.17) is 17.3 Å². The van der Waals surface area contributed by atoms with E-state index in [0.29, 0.717) is 38.9 Å². The van der Waals surface area contributed by atoms with E-state index in [1.54, 1.807) is 12.3 Å². The highest BCUT2D eigenvalue weighted by molar-refractivity contribution is 6.38. The quantitative estimate of drug-likeness (QED) is 0.713. The number of nitrogens with one attached hydrogen (secondary N) is 1. The lowest BCUT2D eigenvalue weighted by atomic mass is 9.93. The van der Waals surface area contributed by atoms with E-state index in [2.05, 4.69) is 9.97 Å². The SMILES string of the molecule is NC(=O)c1c2c(c3[nH]c4nccc(Cl)c4c3c1C=O)CCC2. The standard InChI is InChI=1S/C16H12ClN3O2/c17-10-4-5-19-16-13(10)12-9(6-21)11(15(18)22)7-2-1-3-8(7)14(12)20-16/h4-6H,1-3H2,(H2,18,22)(H,19,20). The Balaban J connectivity index is 2.34. The van der Waals surface area contributed by atoms with Gasteiger partial charge in [0.1, 0.15) is 5.65 Å². The molecule has 110 valence electrons. The van der Waals surface area contributed by atoms with Gasteiger partial charge in [-0.05, 0) is 36.5 Å². The third kappa shape index (κ3) is 1.57. The van der Waals surface area contributed by atoms with Crippen LogP contribution in [0, 0.1) is 0 Å². The topological polar surface area (TPSA) is 88.8 Å². The number of H-pyrrole nitrogens is 1. The number of aldehydes is 1. The molecule has 6 heteroatoms. The average Bonchev–Trinajstić information content (AvgIpc) is 3.09. The maximum absolute atomic E-state index is 11.9. The van der Waals surface area contributed by atoms with Gasteiger partial charge in [-0.15, -0.1) is 0 Å². The highest BCUT2D eigenvalue weighted by Gasteiger charge is 2.28. The molecule has 0 spiro atoms. The molecule has 3 aromatic rings. The zero-order chi connectivity index (χ0) is 15.4. The van der Waals surface area contributed by atoms with Crippen molar-refractivity contribution in [1.29, 1.82) is 0 Å². The highest BCUT2D eigenvalue weighted by atomic mass is 35.5. The number of aromatic amines is 1. The third-order valence-electron chi connectivity index (χ3n) is 4.37. The Morgan fingerprint density at radius 2 is 2.09 bits per heavy atom. The molecule has 1 aliphatic carbocycles. The molecule has 0 radical (unpaired) electrons. The maximum atomic E-state index is 11.9. The number of aryl methyl sites for hydroxylation is 1. The van der Waals surface area contributed by atoms with Gasteiger partial charge in [-0.3, -0.25) is 9.59 Å². The fraction of sp³-hybridized carbons (Fsp3) is 0.188. The van der Waals surface area contributed by atoms with Gasteiger partial charge in [0.15, 0.2) is 6.29 Å². The summed E-state index contributed by atoms with van der Waals surface area (Å²) in [7, 11) is 0. The van der Waals surface area contributed by atoms with Crippen LogP contribution in [0.2, 0.25) is 5.02 Å². The third-order valence-corrected chi connectivity index (χ3v) is 4.68. The van der Waals surface area contributed by atoms with E-state index in [9.17, 15) is 9.59 Å². The number of hydrogen-bond acceptors (Lipinski definition) is 3. The number of nitrogens with zero attached hydrogens (tertiary/aromatic N) is 1. The minimum absolute atomic E-state index is 0.310. The summed E-state index contributed by atoms with van der Waals surface area (Å²) >= 11 is 6.30. The maximum Gasteiger partial charge on any atom is 0.249 e. The summed E-state index contributed by atoms with van der Waals surface area (Å²) in [5.74, 6) is -0.573. The van der Waals surface area contributed by atoms with Crippen molar-refractivity contribution in [2.75, 3.05) is 0 Å². The predicted molar refractivity (Wildman–Crippen MR) is 84.5 cm³/mol. The van der Waals surface area contributed by atoms with Gasteiger partial charge in [0.05, 0.1) is 16.1 Å². The number of aromatic nitrogens is 2. The van der Waals surface area contributed by atoms with Gasteiger partial charge in [0.2, 0.25) is 5.91 Å². The molecule has 1 aliphatic rings. The summed E-state index contributed by atoms with van der Waals surface area (Å²) in [6, 6.07) is 1.67. The first-order valence-corrected chi connectivity index (χ1v) is 7.40. The molecule has 4 rings (SSSR count). The number of halogens is 1. The molecule has 0 fully saturated rings. The Morgan fingerprint density at radius 3 is 2.82 bits per heavy atom. The second-order valence-electron chi connectivity index (χ2n) is 5.47. The molecule has 2 aromatic heterocycles. The van der Waals surface area contributed by atoms with Crippen molar-refractivity contribution in [3.8, 4) is 0 Å². The fourth-order valence-corrected chi connectivity index (χ4v) is 3.80. The Bertz CT molecular complexity index is 975. The lowest BCUT2D eigenvalue weighted by molar-refractivity contribution is 0.0992. The average molecular weight is 314 g/mol. The summed E-state index contributed by atoms with van der Waals surface area (Å²) < 4.78 is 0. The molecule has 0 aliphatic heterocycles. The van der Waals surface area contributed by atoms with Crippen LogP contribution in [0.3, 0.4) is 0 Å². The minimum Gasteiger partial charge on any atom is -0.366 e. The second kappa shape index (κ2) is 4.55. The first-order chi connectivity index (χ1) is 10.6. The lowest BCUT2D eigenvalue weighted by Crippen LogP contribution is -2.17. The number of carbonyl (C=O) groups excluding carboxylic acids is 2. The number of rotatable bonds is 2. The number of primary amides is 1. The number of pyridine rings is 1. The Hall–Kier alpha value is -2.40. The number of carbonyl (C=O) groups is 2. The molecule has 22 heavy (non-hydrogen) atoms. The number of hydrogen-bond donors (Lipinski definition) is 2. The van der Waals surface area contributed by atoms with Crippen molar-refractivity contribution in [3.05, 3.63) is 39.5 Å². The first kappa shape index (κ1) is 13.3. The van der Waals surface area contributed by atoms with Gasteiger partial charge in [-0.1, -0.05) is 11.6 Å². The van der Waals surface area contributed by atoms with Crippen LogP contribution in [-0.2, 0) is 12.8 Å². The molecular formula is C16H12ClN3O2. The van der Waals surface area contributed by atoms with Crippen LogP contribution in [-0.4, -0.2) is 22.2 Å². The fourth-order valence-electron chi connectivity index (χ4n) is 3.55. The number of benzene rings is 1. The van der Waals surface area contributed by atoms with Gasteiger partial charge in [-0.25, -0.2) is 4.98 Å². The van der Waals surface area contributed by atoms with Crippen molar-refractivity contribution >= 4 is 45.7 Å². The summed E-state index contributed by atoms with van der Waals surface area (Å²) in [5, 5.41) is 1.81. The normalized spacial score (nSPS) is 13.7. The van der Waals surface area contributed by atoms with E-state index in [1.807, 2.05) is 0 Å². The Morgan fingerprint density at radius 1 is 1.32 bits per heavy atom. The number of amides is 1. The monoisotopic (exact) mass is 313 g/mol. The highest BCUT2D eigenvalue weighted by Crippen LogP contribution is 2.40. The number of nitrogens with two attached hydrogens (primary N) is 1. The zero-order valence-electron chi connectivity index (χ0n) is 11.6. The second-order valence-corrected chi connectivity index (χ2v) is 5.88. The van der Waals surface area contributed by atoms with E-state index in [-0.39, 0.29) is 0 Å². The number of fused-ring (bicyclic) bond motifs is 5. The molecule has 2 heterocycles. The Labute approximate surface area is 130 Å². The van der Waals surface area contributed by atoms with Gasteiger partial charge >= 0.3 is 0 Å². The van der Waals surface area contributed by atoms with Gasteiger partial charge in [-0.2, -0.15) is 0 Å². The molecule has 1 amide bonds. The van der Waals surface area contributed by atoms with Crippen LogP contribution in [0.15, 0.2) is 12.3 Å². The summed E-state index contributed by atoms with van der Waals surface area (Å²) in [4.78, 5) is 31.2. The van der Waals surface area contributed by atoms with Crippen molar-refractivity contribution in [2.45, 2.75) is 19.3 Å². The zero-order valence-corrected chi connectivity index (χ0v) is 12.3. The van der Waals surface area contributed by atoms with Crippen LogP contribution < -0.4 is 5.73 Å². The van der Waals surface area contributed by atoms with Crippen molar-refractivity contribution in [3.63, 3.8) is 0 Å². The lowest BCUT2D eigenvalue weighted by Gasteiger charge is -2.11.